The number of aliphatic hydroxyl groups is 1. The summed E-state index contributed by atoms with van der Waals surface area (Å²) in [7, 11) is 0. The van der Waals surface area contributed by atoms with Crippen LogP contribution in [0.3, 0.4) is 0 Å². The van der Waals surface area contributed by atoms with Crippen LogP contribution in [0.2, 0.25) is 0 Å². The standard InChI is InChI=1S/C17H14N2O3/c20-10-11-5-7-12(8-6-11)18-9-15-13-3-1-2-4-14(13)16(21)19-17(15)22/h1-9,18,20H,10H2,(H,19,21,22). The van der Waals surface area contributed by atoms with E-state index in [0.29, 0.717) is 16.7 Å². The molecule has 0 radical (unpaired) electrons. The fourth-order valence-electron chi connectivity index (χ4n) is 2.28. The monoisotopic (exact) mass is 294 g/mol. The summed E-state index contributed by atoms with van der Waals surface area (Å²) in [4.78, 5) is 23.8. The Morgan fingerprint density at radius 1 is 0.955 bits per heavy atom. The van der Waals surface area contributed by atoms with Gasteiger partial charge in [0.1, 0.15) is 0 Å². The van der Waals surface area contributed by atoms with Crippen LogP contribution >= 0.6 is 0 Å². The summed E-state index contributed by atoms with van der Waals surface area (Å²) in [6.45, 7) is -0.0146. The molecule has 2 amide bonds. The van der Waals surface area contributed by atoms with Gasteiger partial charge in [0.2, 0.25) is 0 Å². The van der Waals surface area contributed by atoms with Crippen molar-refractivity contribution in [2.75, 3.05) is 5.32 Å². The van der Waals surface area contributed by atoms with Gasteiger partial charge in [-0.1, -0.05) is 30.3 Å². The smallest absolute Gasteiger partial charge is 0.260 e. The highest BCUT2D eigenvalue weighted by atomic mass is 16.3. The lowest BCUT2D eigenvalue weighted by atomic mass is 9.96. The number of fused-ring (bicyclic) bond motifs is 1. The molecule has 0 bridgehead atoms. The molecule has 0 spiro atoms. The van der Waals surface area contributed by atoms with Crippen LogP contribution in [0.25, 0.3) is 5.57 Å². The Hall–Kier alpha value is -2.92. The van der Waals surface area contributed by atoms with Crippen molar-refractivity contribution in [2.24, 2.45) is 0 Å². The molecule has 0 unspecified atom stereocenters. The number of aliphatic hydroxyl groups excluding tert-OH is 1. The van der Waals surface area contributed by atoms with Crippen LogP contribution in [0.15, 0.2) is 54.7 Å². The maximum atomic E-state index is 12.0. The van der Waals surface area contributed by atoms with E-state index >= 15 is 0 Å². The van der Waals surface area contributed by atoms with E-state index in [1.54, 1.807) is 54.7 Å². The highest BCUT2D eigenvalue weighted by Gasteiger charge is 2.26. The summed E-state index contributed by atoms with van der Waals surface area (Å²) in [6.07, 6.45) is 1.58. The Morgan fingerprint density at radius 3 is 2.32 bits per heavy atom. The number of anilines is 1. The first-order chi connectivity index (χ1) is 10.7. The SMILES string of the molecule is O=C1NC(=O)c2ccccc2C1=CNc1ccc(CO)cc1. The van der Waals surface area contributed by atoms with E-state index < -0.39 is 5.91 Å². The zero-order valence-electron chi connectivity index (χ0n) is 11.7. The van der Waals surface area contributed by atoms with Crippen molar-refractivity contribution in [3.05, 3.63) is 71.4 Å². The Balaban J connectivity index is 1.91. The van der Waals surface area contributed by atoms with Gasteiger partial charge < -0.3 is 10.4 Å². The summed E-state index contributed by atoms with van der Waals surface area (Å²) in [5, 5.41) is 14.4. The molecule has 0 saturated carbocycles. The average Bonchev–Trinajstić information content (AvgIpc) is 2.55. The summed E-state index contributed by atoms with van der Waals surface area (Å²) in [5.41, 5.74) is 3.08. The number of benzene rings is 2. The molecule has 2 aromatic rings. The molecule has 0 saturated heterocycles. The third kappa shape index (κ3) is 2.62. The van der Waals surface area contributed by atoms with Crippen LogP contribution in [0.5, 0.6) is 0 Å². The Bertz CT molecular complexity index is 764. The molecule has 22 heavy (non-hydrogen) atoms. The van der Waals surface area contributed by atoms with E-state index in [4.69, 9.17) is 5.11 Å². The summed E-state index contributed by atoms with van der Waals surface area (Å²) in [5.74, 6) is -0.812. The predicted octanol–water partition coefficient (Wildman–Crippen LogP) is 1.90. The maximum Gasteiger partial charge on any atom is 0.260 e. The number of rotatable bonds is 3. The van der Waals surface area contributed by atoms with Crippen LogP contribution in [-0.2, 0) is 11.4 Å². The number of hydrogen-bond donors (Lipinski definition) is 3. The quantitative estimate of drug-likeness (QED) is 0.597. The van der Waals surface area contributed by atoms with E-state index in [1.165, 1.54) is 0 Å². The van der Waals surface area contributed by atoms with Crippen molar-refractivity contribution in [2.45, 2.75) is 6.61 Å². The Labute approximate surface area is 127 Å². The van der Waals surface area contributed by atoms with Crippen LogP contribution in [0.1, 0.15) is 21.5 Å². The van der Waals surface area contributed by atoms with Gasteiger partial charge in [0.15, 0.2) is 0 Å². The van der Waals surface area contributed by atoms with Gasteiger partial charge in [0.25, 0.3) is 11.8 Å². The minimum Gasteiger partial charge on any atom is -0.392 e. The zero-order chi connectivity index (χ0) is 15.5. The molecule has 3 rings (SSSR count). The van der Waals surface area contributed by atoms with Gasteiger partial charge in [-0.15, -0.1) is 0 Å². The first kappa shape index (κ1) is 14.0. The molecule has 0 aliphatic carbocycles. The first-order valence-electron chi connectivity index (χ1n) is 6.80. The van der Waals surface area contributed by atoms with Gasteiger partial charge in [0.05, 0.1) is 12.2 Å². The van der Waals surface area contributed by atoms with E-state index in [0.717, 1.165) is 11.3 Å². The van der Waals surface area contributed by atoms with Crippen molar-refractivity contribution in [3.63, 3.8) is 0 Å². The number of nitrogens with one attached hydrogen (secondary N) is 2. The molecule has 1 heterocycles. The summed E-state index contributed by atoms with van der Waals surface area (Å²) >= 11 is 0. The van der Waals surface area contributed by atoms with E-state index in [1.807, 2.05) is 0 Å². The lowest BCUT2D eigenvalue weighted by Gasteiger charge is -2.18. The van der Waals surface area contributed by atoms with Gasteiger partial charge in [-0.3, -0.25) is 14.9 Å². The second-order valence-electron chi connectivity index (χ2n) is 4.89. The number of hydrogen-bond acceptors (Lipinski definition) is 4. The molecule has 1 aliphatic heterocycles. The molecule has 5 heteroatoms. The number of carbonyl (C=O) groups is 2. The molecular weight excluding hydrogens is 280 g/mol. The minimum atomic E-state index is -0.428. The third-order valence-corrected chi connectivity index (χ3v) is 3.45. The molecule has 0 fully saturated rings. The fraction of sp³-hybridized carbons (Fsp3) is 0.0588. The maximum absolute atomic E-state index is 12.0. The fourth-order valence-corrected chi connectivity index (χ4v) is 2.28. The number of imide groups is 1. The molecule has 0 aromatic heterocycles. The van der Waals surface area contributed by atoms with Crippen molar-refractivity contribution < 1.29 is 14.7 Å². The largest absolute Gasteiger partial charge is 0.392 e. The number of carbonyl (C=O) groups excluding carboxylic acids is 2. The third-order valence-electron chi connectivity index (χ3n) is 3.45. The average molecular weight is 294 g/mol. The lowest BCUT2D eigenvalue weighted by Crippen LogP contribution is -2.36. The minimum absolute atomic E-state index is 0.0146. The molecule has 3 N–H and O–H groups in total. The topological polar surface area (TPSA) is 78.4 Å². The molecule has 1 aliphatic rings. The van der Waals surface area contributed by atoms with Crippen LogP contribution in [0.4, 0.5) is 5.69 Å². The molecular formula is C17H14N2O3. The van der Waals surface area contributed by atoms with Gasteiger partial charge in [-0.2, -0.15) is 0 Å². The van der Waals surface area contributed by atoms with Crippen LogP contribution in [-0.4, -0.2) is 16.9 Å². The van der Waals surface area contributed by atoms with Gasteiger partial charge >= 0.3 is 0 Å². The molecule has 0 atom stereocenters. The number of amides is 2. The normalized spacial score (nSPS) is 15.4. The second kappa shape index (κ2) is 5.83. The Morgan fingerprint density at radius 2 is 1.64 bits per heavy atom. The molecule has 5 nitrogen and oxygen atoms in total. The molecule has 110 valence electrons. The summed E-state index contributed by atoms with van der Waals surface area (Å²) < 4.78 is 0. The van der Waals surface area contributed by atoms with Crippen molar-refractivity contribution in [3.8, 4) is 0 Å². The summed E-state index contributed by atoms with van der Waals surface area (Å²) in [6, 6.07) is 14.2. The van der Waals surface area contributed by atoms with Crippen molar-refractivity contribution >= 4 is 23.1 Å². The van der Waals surface area contributed by atoms with Crippen LogP contribution < -0.4 is 10.6 Å². The van der Waals surface area contributed by atoms with Crippen molar-refractivity contribution in [1.82, 2.24) is 5.32 Å². The van der Waals surface area contributed by atoms with Gasteiger partial charge in [0, 0.05) is 23.0 Å². The van der Waals surface area contributed by atoms with Gasteiger partial charge in [-0.25, -0.2) is 0 Å². The zero-order valence-corrected chi connectivity index (χ0v) is 11.7. The lowest BCUT2D eigenvalue weighted by molar-refractivity contribution is -0.114. The van der Waals surface area contributed by atoms with E-state index in [-0.39, 0.29) is 12.5 Å². The van der Waals surface area contributed by atoms with E-state index in [9.17, 15) is 9.59 Å². The van der Waals surface area contributed by atoms with Crippen LogP contribution in [0, 0.1) is 0 Å². The molecule has 2 aromatic carbocycles. The highest BCUT2D eigenvalue weighted by molar-refractivity contribution is 6.31. The van der Waals surface area contributed by atoms with E-state index in [2.05, 4.69) is 10.6 Å². The van der Waals surface area contributed by atoms with Gasteiger partial charge in [-0.05, 0) is 23.8 Å². The van der Waals surface area contributed by atoms with Crippen molar-refractivity contribution in [1.29, 1.82) is 0 Å². The predicted molar refractivity (Wildman–Crippen MR) is 82.9 cm³/mol. The highest BCUT2D eigenvalue weighted by Crippen LogP contribution is 2.24. The Kier molecular flexibility index (Phi) is 3.72. The second-order valence-corrected chi connectivity index (χ2v) is 4.89. The first-order valence-corrected chi connectivity index (χ1v) is 6.80.